The van der Waals surface area contributed by atoms with Crippen molar-refractivity contribution in [1.82, 2.24) is 4.98 Å². The number of hydrogen-bond acceptors (Lipinski definition) is 3. The number of nitrogens with zero attached hydrogens (tertiary/aromatic N) is 1. The fourth-order valence-electron chi connectivity index (χ4n) is 6.43. The fraction of sp³-hybridized carbons (Fsp3) is 0.0238. The van der Waals surface area contributed by atoms with E-state index in [4.69, 9.17) is 0 Å². The number of carbonyl (C=O) groups excluding carboxylic acids is 1. The van der Waals surface area contributed by atoms with Crippen molar-refractivity contribution < 1.29 is 9.90 Å². The summed E-state index contributed by atoms with van der Waals surface area (Å²) in [6.07, 6.45) is 0.634. The van der Waals surface area contributed by atoms with Gasteiger partial charge >= 0.3 is 0 Å². The van der Waals surface area contributed by atoms with Crippen LogP contribution in [0.15, 0.2) is 158 Å². The van der Waals surface area contributed by atoms with E-state index in [0.29, 0.717) is 12.1 Å². The number of hydrogen-bond donors (Lipinski definition) is 3. The van der Waals surface area contributed by atoms with Gasteiger partial charge in [0.05, 0.1) is 11.1 Å². The molecule has 5 heteroatoms. The van der Waals surface area contributed by atoms with E-state index in [1.165, 1.54) is 0 Å². The number of benzene rings is 7. The lowest BCUT2D eigenvalue weighted by atomic mass is 10.0. The highest BCUT2D eigenvalue weighted by atomic mass is 16.3. The number of aromatic nitrogens is 1. The maximum Gasteiger partial charge on any atom is 0.259 e. The molecule has 8 aromatic rings. The van der Waals surface area contributed by atoms with Crippen LogP contribution in [0, 0.1) is 0 Å². The molecule has 47 heavy (non-hydrogen) atoms. The van der Waals surface area contributed by atoms with Crippen LogP contribution in [0.5, 0.6) is 5.75 Å². The largest absolute Gasteiger partial charge is 0.507 e. The number of phenols is 1. The number of fused-ring (bicyclic) bond motifs is 5. The average molecular weight is 610 g/mol. The van der Waals surface area contributed by atoms with E-state index in [1.54, 1.807) is 12.1 Å². The second-order valence-corrected chi connectivity index (χ2v) is 11.7. The molecular weight excluding hydrogens is 578 g/mol. The van der Waals surface area contributed by atoms with Gasteiger partial charge in [-0.15, -0.1) is 0 Å². The number of rotatable bonds is 7. The Bertz CT molecular complexity index is 2340. The summed E-state index contributed by atoms with van der Waals surface area (Å²) in [5, 5.41) is 18.1. The molecule has 7 aromatic carbocycles. The number of aromatic amines is 1. The number of amides is 1. The molecule has 1 aromatic heterocycles. The predicted molar refractivity (Wildman–Crippen MR) is 193 cm³/mol. The monoisotopic (exact) mass is 609 g/mol. The van der Waals surface area contributed by atoms with Gasteiger partial charge in [0.1, 0.15) is 5.75 Å². The van der Waals surface area contributed by atoms with Crippen molar-refractivity contribution in [3.8, 4) is 5.75 Å². The van der Waals surface area contributed by atoms with E-state index in [9.17, 15) is 9.90 Å². The molecule has 0 saturated heterocycles. The first-order valence-corrected chi connectivity index (χ1v) is 15.7. The fourth-order valence-corrected chi connectivity index (χ4v) is 6.43. The Kier molecular flexibility index (Phi) is 7.12. The van der Waals surface area contributed by atoms with Crippen LogP contribution in [-0.2, 0) is 6.42 Å². The Balaban J connectivity index is 1.06. The first-order valence-electron chi connectivity index (χ1n) is 15.7. The summed E-state index contributed by atoms with van der Waals surface area (Å²) >= 11 is 0. The van der Waals surface area contributed by atoms with E-state index in [0.717, 1.165) is 60.8 Å². The zero-order chi connectivity index (χ0) is 31.7. The minimum atomic E-state index is -0.356. The molecule has 0 bridgehead atoms. The van der Waals surface area contributed by atoms with Gasteiger partial charge in [0.25, 0.3) is 5.91 Å². The molecule has 226 valence electrons. The summed E-state index contributed by atoms with van der Waals surface area (Å²) < 4.78 is 0. The quantitative estimate of drug-likeness (QED) is 0.168. The Morgan fingerprint density at radius 2 is 1.26 bits per heavy atom. The maximum absolute atomic E-state index is 13.6. The molecule has 0 radical (unpaired) electrons. The van der Waals surface area contributed by atoms with E-state index >= 15 is 0 Å². The Morgan fingerprint density at radius 1 is 0.617 bits per heavy atom. The molecule has 0 spiro atoms. The first-order chi connectivity index (χ1) is 23.1. The van der Waals surface area contributed by atoms with Crippen molar-refractivity contribution in [2.75, 3.05) is 10.2 Å². The van der Waals surface area contributed by atoms with Crippen molar-refractivity contribution >= 4 is 61.2 Å². The summed E-state index contributed by atoms with van der Waals surface area (Å²) in [7, 11) is 0. The van der Waals surface area contributed by atoms with Crippen molar-refractivity contribution in [3.05, 3.63) is 174 Å². The molecule has 1 amide bonds. The highest BCUT2D eigenvalue weighted by molar-refractivity contribution is 6.18. The third-order valence-electron chi connectivity index (χ3n) is 8.74. The van der Waals surface area contributed by atoms with Crippen LogP contribution < -0.4 is 10.2 Å². The van der Waals surface area contributed by atoms with Crippen molar-refractivity contribution in [1.29, 1.82) is 0 Å². The van der Waals surface area contributed by atoms with Crippen LogP contribution >= 0.6 is 0 Å². The molecule has 0 unspecified atom stereocenters. The standard InChI is InChI=1S/C42H31N3O2/c46-40-27-36-29(21-24-35-34-16-8-10-18-39(34)43-41(35)36)26-37(40)42(47)44-38-17-9-7-11-30(38)25-28-19-22-33(23-20-28)45(31-12-3-1-4-13-31)32-14-5-2-6-15-32/h1-24,26-27,43,46H,25H2,(H,44,47). The predicted octanol–water partition coefficient (Wildman–Crippen LogP) is 10.5. The lowest BCUT2D eigenvalue weighted by Crippen LogP contribution is -2.14. The molecule has 0 saturated carbocycles. The molecule has 8 rings (SSSR count). The molecular formula is C42H31N3O2. The third-order valence-corrected chi connectivity index (χ3v) is 8.74. The molecule has 1 heterocycles. The van der Waals surface area contributed by atoms with E-state index in [1.807, 2.05) is 84.9 Å². The highest BCUT2D eigenvalue weighted by Crippen LogP contribution is 2.36. The lowest BCUT2D eigenvalue weighted by Gasteiger charge is -2.25. The minimum absolute atomic E-state index is 0.0596. The van der Waals surface area contributed by atoms with E-state index in [-0.39, 0.29) is 17.2 Å². The van der Waals surface area contributed by atoms with Gasteiger partial charge in [-0.05, 0) is 83.6 Å². The SMILES string of the molecule is O=C(Nc1ccccc1Cc1ccc(N(c2ccccc2)c2ccccc2)cc1)c1cc2ccc3c4ccccc4[nH]c3c2cc1O. The molecule has 0 fully saturated rings. The van der Waals surface area contributed by atoms with Gasteiger partial charge in [-0.3, -0.25) is 4.79 Å². The van der Waals surface area contributed by atoms with E-state index < -0.39 is 0 Å². The molecule has 5 nitrogen and oxygen atoms in total. The van der Waals surface area contributed by atoms with Gasteiger partial charge in [-0.1, -0.05) is 97.1 Å². The highest BCUT2D eigenvalue weighted by Gasteiger charge is 2.17. The number of carbonyl (C=O) groups is 1. The van der Waals surface area contributed by atoms with Gasteiger partial charge in [-0.2, -0.15) is 0 Å². The van der Waals surface area contributed by atoms with Crippen LogP contribution in [0.4, 0.5) is 22.7 Å². The number of phenolic OH excluding ortho intramolecular Hbond substituents is 1. The second kappa shape index (κ2) is 11.9. The van der Waals surface area contributed by atoms with Crippen molar-refractivity contribution in [2.24, 2.45) is 0 Å². The number of para-hydroxylation sites is 4. The molecule has 0 aliphatic carbocycles. The smallest absolute Gasteiger partial charge is 0.259 e. The Morgan fingerprint density at radius 3 is 2.00 bits per heavy atom. The molecule has 0 aliphatic heterocycles. The number of aromatic hydroxyl groups is 1. The van der Waals surface area contributed by atoms with Gasteiger partial charge in [0, 0.05) is 44.4 Å². The number of nitrogens with one attached hydrogen (secondary N) is 2. The van der Waals surface area contributed by atoms with Gasteiger partial charge in [-0.25, -0.2) is 0 Å². The zero-order valence-electron chi connectivity index (χ0n) is 25.5. The summed E-state index contributed by atoms with van der Waals surface area (Å²) in [6.45, 7) is 0. The van der Waals surface area contributed by atoms with Crippen LogP contribution in [-0.4, -0.2) is 16.0 Å². The summed E-state index contributed by atoms with van der Waals surface area (Å²) in [5.41, 5.74) is 8.25. The summed E-state index contributed by atoms with van der Waals surface area (Å²) in [6, 6.07) is 52.7. The van der Waals surface area contributed by atoms with E-state index in [2.05, 4.69) is 75.9 Å². The van der Waals surface area contributed by atoms with Gasteiger partial charge in [0.2, 0.25) is 0 Å². The third kappa shape index (κ3) is 5.34. The Hall–Kier alpha value is -6.33. The topological polar surface area (TPSA) is 68.4 Å². The Labute approximate surface area is 272 Å². The van der Waals surface area contributed by atoms with Crippen molar-refractivity contribution in [3.63, 3.8) is 0 Å². The van der Waals surface area contributed by atoms with Gasteiger partial charge < -0.3 is 20.3 Å². The molecule has 3 N–H and O–H groups in total. The van der Waals surface area contributed by atoms with Crippen LogP contribution in [0.2, 0.25) is 0 Å². The van der Waals surface area contributed by atoms with Crippen LogP contribution in [0.25, 0.3) is 32.6 Å². The normalized spacial score (nSPS) is 11.2. The minimum Gasteiger partial charge on any atom is -0.507 e. The summed E-state index contributed by atoms with van der Waals surface area (Å²) in [4.78, 5) is 19.3. The molecule has 0 aliphatic rings. The van der Waals surface area contributed by atoms with Gasteiger partial charge in [0.15, 0.2) is 0 Å². The summed E-state index contributed by atoms with van der Waals surface area (Å²) in [5.74, 6) is -0.416. The van der Waals surface area contributed by atoms with Crippen molar-refractivity contribution in [2.45, 2.75) is 6.42 Å². The zero-order valence-corrected chi connectivity index (χ0v) is 25.5. The second-order valence-electron chi connectivity index (χ2n) is 11.7. The molecule has 0 atom stereocenters. The average Bonchev–Trinajstić information content (AvgIpc) is 3.50. The first kappa shape index (κ1) is 28.2. The van der Waals surface area contributed by atoms with Crippen LogP contribution in [0.1, 0.15) is 21.5 Å². The van der Waals surface area contributed by atoms with Crippen LogP contribution in [0.3, 0.4) is 0 Å². The number of anilines is 4. The lowest BCUT2D eigenvalue weighted by molar-refractivity contribution is 0.102. The maximum atomic E-state index is 13.6. The number of H-pyrrole nitrogens is 1.